The number of hydrogen-bond donors (Lipinski definition) is 1. The normalized spacial score (nSPS) is 11.4. The van der Waals surface area contributed by atoms with Gasteiger partial charge < -0.3 is 9.88 Å². The number of aryl methyl sites for hydroxylation is 2. The number of hydrogen-bond acceptors (Lipinski definition) is 6. The van der Waals surface area contributed by atoms with Crippen molar-refractivity contribution in [1.82, 2.24) is 23.7 Å². The molecule has 1 N–H and O–H groups in total. The number of fused-ring (bicyclic) bond motifs is 2. The van der Waals surface area contributed by atoms with Crippen LogP contribution >= 0.6 is 11.3 Å². The molecule has 0 atom stereocenters. The van der Waals surface area contributed by atoms with Crippen LogP contribution in [0.5, 0.6) is 0 Å². The Balaban J connectivity index is 1.26. The Bertz CT molecular complexity index is 1630. The Morgan fingerprint density at radius 3 is 2.71 bits per heavy atom. The largest absolute Gasteiger partial charge is 0.332 e. The second-order valence-electron chi connectivity index (χ2n) is 8.04. The highest BCUT2D eigenvalue weighted by atomic mass is 32.1. The average molecular weight is 475 g/mol. The Hall–Kier alpha value is -4.05. The summed E-state index contributed by atoms with van der Waals surface area (Å²) in [5, 5.41) is 3.84. The number of benzene rings is 2. The fraction of sp³-hybridized carbons (Fsp3) is 0.208. The molecular formula is C24H22N6O3S. The van der Waals surface area contributed by atoms with E-state index in [1.54, 1.807) is 23.0 Å². The third-order valence-electron chi connectivity index (χ3n) is 5.71. The molecule has 0 aliphatic heterocycles. The third-order valence-corrected chi connectivity index (χ3v) is 6.79. The summed E-state index contributed by atoms with van der Waals surface area (Å²) in [4.78, 5) is 46.0. The van der Waals surface area contributed by atoms with Crippen molar-refractivity contribution in [1.29, 1.82) is 0 Å². The van der Waals surface area contributed by atoms with Crippen LogP contribution in [0.15, 0.2) is 64.4 Å². The number of thiazole rings is 1. The van der Waals surface area contributed by atoms with E-state index in [-0.39, 0.29) is 12.3 Å². The molecule has 0 saturated heterocycles. The van der Waals surface area contributed by atoms with E-state index >= 15 is 0 Å². The van der Waals surface area contributed by atoms with Crippen molar-refractivity contribution >= 4 is 44.3 Å². The Morgan fingerprint density at radius 1 is 1.06 bits per heavy atom. The molecule has 172 valence electrons. The number of para-hydroxylation sites is 1. The van der Waals surface area contributed by atoms with Crippen molar-refractivity contribution < 1.29 is 4.79 Å². The molecule has 0 spiro atoms. The van der Waals surface area contributed by atoms with Gasteiger partial charge in [0.15, 0.2) is 11.2 Å². The van der Waals surface area contributed by atoms with Crippen LogP contribution in [0.4, 0.5) is 5.69 Å². The van der Waals surface area contributed by atoms with Crippen LogP contribution in [0.25, 0.3) is 32.0 Å². The molecule has 5 aromatic rings. The summed E-state index contributed by atoms with van der Waals surface area (Å²) in [5.74, 6) is -0.119. The molecule has 1 amide bonds. The number of nitrogens with one attached hydrogen (secondary N) is 1. The molecule has 3 aromatic heterocycles. The number of rotatable bonds is 6. The standard InChI is InChI=1S/C24H22N6O3S/c1-28-21-20(23(32)29(2)24(28)33)30(14-25-21)12-6-11-19(31)26-16-8-5-7-15(13-16)22-27-17-9-3-4-10-18(17)34-22/h3-5,7-10,13-14H,6,11-12H2,1-2H3,(H,26,31). The van der Waals surface area contributed by atoms with Gasteiger partial charge in [0.2, 0.25) is 5.91 Å². The molecule has 0 bridgehead atoms. The zero-order valence-corrected chi connectivity index (χ0v) is 19.5. The van der Waals surface area contributed by atoms with Crippen LogP contribution in [0.2, 0.25) is 0 Å². The first kappa shape index (κ1) is 21.8. The van der Waals surface area contributed by atoms with E-state index in [4.69, 9.17) is 0 Å². The van der Waals surface area contributed by atoms with Crippen molar-refractivity contribution in [3.63, 3.8) is 0 Å². The Morgan fingerprint density at radius 2 is 1.88 bits per heavy atom. The lowest BCUT2D eigenvalue weighted by atomic mass is 10.2. The van der Waals surface area contributed by atoms with Gasteiger partial charge in [0.05, 0.1) is 16.5 Å². The van der Waals surface area contributed by atoms with Gasteiger partial charge in [-0.05, 0) is 30.7 Å². The maximum Gasteiger partial charge on any atom is 0.332 e. The summed E-state index contributed by atoms with van der Waals surface area (Å²) in [6.07, 6.45) is 2.32. The first-order chi connectivity index (χ1) is 16.4. The van der Waals surface area contributed by atoms with E-state index in [2.05, 4.69) is 15.3 Å². The second kappa shape index (κ2) is 8.71. The summed E-state index contributed by atoms with van der Waals surface area (Å²) in [7, 11) is 3.02. The summed E-state index contributed by atoms with van der Waals surface area (Å²) < 4.78 is 5.22. The predicted octanol–water partition coefficient (Wildman–Crippen LogP) is 3.13. The van der Waals surface area contributed by atoms with Crippen molar-refractivity contribution in [2.45, 2.75) is 19.4 Å². The Kier molecular flexibility index (Phi) is 5.58. The van der Waals surface area contributed by atoms with E-state index in [1.165, 1.54) is 17.9 Å². The highest BCUT2D eigenvalue weighted by molar-refractivity contribution is 7.21. The van der Waals surface area contributed by atoms with Crippen LogP contribution in [0.1, 0.15) is 12.8 Å². The molecule has 0 aliphatic carbocycles. The van der Waals surface area contributed by atoms with Gasteiger partial charge in [0.1, 0.15) is 5.01 Å². The van der Waals surface area contributed by atoms with Gasteiger partial charge >= 0.3 is 5.69 Å². The van der Waals surface area contributed by atoms with Gasteiger partial charge in [-0.2, -0.15) is 0 Å². The molecule has 2 aromatic carbocycles. The van der Waals surface area contributed by atoms with E-state index in [9.17, 15) is 14.4 Å². The van der Waals surface area contributed by atoms with Crippen molar-refractivity contribution in [2.24, 2.45) is 14.1 Å². The summed E-state index contributed by atoms with van der Waals surface area (Å²) in [6, 6.07) is 15.6. The maximum atomic E-state index is 12.6. The van der Waals surface area contributed by atoms with Gasteiger partial charge in [-0.3, -0.25) is 18.7 Å². The number of imidazole rings is 1. The van der Waals surface area contributed by atoms with E-state index in [0.29, 0.717) is 29.8 Å². The molecule has 0 fully saturated rings. The molecule has 0 aliphatic rings. The van der Waals surface area contributed by atoms with Crippen LogP contribution in [0, 0.1) is 0 Å². The number of nitrogens with zero attached hydrogens (tertiary/aromatic N) is 5. The maximum absolute atomic E-state index is 12.6. The van der Waals surface area contributed by atoms with E-state index < -0.39 is 11.2 Å². The molecular weight excluding hydrogens is 452 g/mol. The van der Waals surface area contributed by atoms with E-state index in [1.807, 2.05) is 48.5 Å². The topological polar surface area (TPSA) is 104 Å². The minimum atomic E-state index is -0.421. The SMILES string of the molecule is Cn1c(=O)c2c(ncn2CCCC(=O)Nc2cccc(-c3nc4ccccc4s3)c2)n(C)c1=O. The average Bonchev–Trinajstić information content (AvgIpc) is 3.46. The van der Waals surface area contributed by atoms with Gasteiger partial charge in [0.25, 0.3) is 5.56 Å². The molecule has 0 unspecified atom stereocenters. The third kappa shape index (κ3) is 3.92. The minimum absolute atomic E-state index is 0.119. The number of aromatic nitrogens is 5. The zero-order chi connectivity index (χ0) is 23.8. The number of carbonyl (C=O) groups excluding carboxylic acids is 1. The van der Waals surface area contributed by atoms with Gasteiger partial charge in [-0.25, -0.2) is 14.8 Å². The van der Waals surface area contributed by atoms with Crippen LogP contribution in [0.3, 0.4) is 0 Å². The zero-order valence-electron chi connectivity index (χ0n) is 18.7. The van der Waals surface area contributed by atoms with Gasteiger partial charge in [-0.15, -0.1) is 11.3 Å². The smallest absolute Gasteiger partial charge is 0.326 e. The molecule has 0 saturated carbocycles. The summed E-state index contributed by atoms with van der Waals surface area (Å²) >= 11 is 1.61. The molecule has 34 heavy (non-hydrogen) atoms. The van der Waals surface area contributed by atoms with Crippen molar-refractivity contribution in [3.8, 4) is 10.6 Å². The van der Waals surface area contributed by atoms with Crippen LogP contribution in [-0.4, -0.2) is 29.6 Å². The number of amides is 1. The first-order valence-electron chi connectivity index (χ1n) is 10.8. The predicted molar refractivity (Wildman–Crippen MR) is 133 cm³/mol. The lowest BCUT2D eigenvalue weighted by molar-refractivity contribution is -0.116. The van der Waals surface area contributed by atoms with Crippen LogP contribution in [-0.2, 0) is 25.4 Å². The van der Waals surface area contributed by atoms with Crippen molar-refractivity contribution in [3.05, 3.63) is 75.7 Å². The molecule has 10 heteroatoms. The molecule has 3 heterocycles. The fourth-order valence-corrected chi connectivity index (χ4v) is 4.89. The van der Waals surface area contributed by atoms with E-state index in [0.717, 1.165) is 25.4 Å². The molecule has 0 radical (unpaired) electrons. The van der Waals surface area contributed by atoms with Gasteiger partial charge in [-0.1, -0.05) is 24.3 Å². The van der Waals surface area contributed by atoms with Crippen molar-refractivity contribution in [2.75, 3.05) is 5.32 Å². The molecule has 9 nitrogen and oxygen atoms in total. The summed E-state index contributed by atoms with van der Waals surface area (Å²) in [5.41, 5.74) is 2.49. The lowest BCUT2D eigenvalue weighted by Crippen LogP contribution is -2.37. The molecule has 5 rings (SSSR count). The minimum Gasteiger partial charge on any atom is -0.326 e. The highest BCUT2D eigenvalue weighted by Crippen LogP contribution is 2.31. The van der Waals surface area contributed by atoms with Crippen LogP contribution < -0.4 is 16.6 Å². The summed E-state index contributed by atoms with van der Waals surface area (Å²) in [6.45, 7) is 0.434. The quantitative estimate of drug-likeness (QED) is 0.407. The monoisotopic (exact) mass is 474 g/mol. The Labute approximate surface area is 197 Å². The number of carbonyl (C=O) groups is 1. The first-order valence-corrected chi connectivity index (χ1v) is 11.6. The fourth-order valence-electron chi connectivity index (χ4n) is 3.93. The lowest BCUT2D eigenvalue weighted by Gasteiger charge is -2.08. The second-order valence-corrected chi connectivity index (χ2v) is 9.07. The van der Waals surface area contributed by atoms with Gasteiger partial charge in [0, 0.05) is 38.3 Å². The highest BCUT2D eigenvalue weighted by Gasteiger charge is 2.14. The number of anilines is 1.